The molecule has 5 heteroatoms. The van der Waals surface area contributed by atoms with Crippen molar-refractivity contribution in [3.63, 3.8) is 0 Å². The van der Waals surface area contributed by atoms with Gasteiger partial charge in [0.05, 0.1) is 6.26 Å². The molecule has 0 saturated carbocycles. The third kappa shape index (κ3) is 1.81. The van der Waals surface area contributed by atoms with Crippen LogP contribution in [0.25, 0.3) is 11.5 Å². The minimum Gasteiger partial charge on any atom is -0.463 e. The Bertz CT molecular complexity index is 442. The van der Waals surface area contributed by atoms with Crippen molar-refractivity contribution in [2.24, 2.45) is 0 Å². The first-order valence-electron chi connectivity index (χ1n) is 5.48. The van der Waals surface area contributed by atoms with Gasteiger partial charge < -0.3 is 15.1 Å². The predicted octanol–water partition coefficient (Wildman–Crippen LogP) is 1.44. The van der Waals surface area contributed by atoms with Crippen molar-refractivity contribution in [2.75, 3.05) is 18.4 Å². The summed E-state index contributed by atoms with van der Waals surface area (Å²) >= 11 is 0. The minimum absolute atomic E-state index is 0.479. The lowest BCUT2D eigenvalue weighted by atomic mass is 10.2. The van der Waals surface area contributed by atoms with Gasteiger partial charge in [-0.15, -0.1) is 0 Å². The van der Waals surface area contributed by atoms with Crippen LogP contribution in [0.4, 0.5) is 5.82 Å². The Balaban J connectivity index is 1.72. The van der Waals surface area contributed by atoms with E-state index in [1.54, 1.807) is 6.26 Å². The number of hydrogen-bond acceptors (Lipinski definition) is 4. The van der Waals surface area contributed by atoms with Crippen molar-refractivity contribution in [1.29, 1.82) is 0 Å². The van der Waals surface area contributed by atoms with Gasteiger partial charge in [-0.25, -0.2) is 0 Å². The van der Waals surface area contributed by atoms with Gasteiger partial charge in [-0.3, -0.25) is 5.10 Å². The van der Waals surface area contributed by atoms with E-state index in [4.69, 9.17) is 4.42 Å². The van der Waals surface area contributed by atoms with Crippen molar-refractivity contribution in [1.82, 2.24) is 15.5 Å². The van der Waals surface area contributed by atoms with Crippen molar-refractivity contribution in [2.45, 2.75) is 12.5 Å². The lowest BCUT2D eigenvalue weighted by molar-refractivity contribution is 0.580. The van der Waals surface area contributed by atoms with E-state index < -0.39 is 0 Å². The van der Waals surface area contributed by atoms with Crippen molar-refractivity contribution >= 4 is 5.82 Å². The fourth-order valence-corrected chi connectivity index (χ4v) is 1.94. The molecule has 84 valence electrons. The summed E-state index contributed by atoms with van der Waals surface area (Å²) in [7, 11) is 0. The van der Waals surface area contributed by atoms with Crippen LogP contribution < -0.4 is 10.6 Å². The number of nitrogens with zero attached hydrogens (tertiary/aromatic N) is 1. The average molecular weight is 218 g/mol. The van der Waals surface area contributed by atoms with E-state index in [-0.39, 0.29) is 0 Å². The van der Waals surface area contributed by atoms with E-state index in [9.17, 15) is 0 Å². The molecule has 0 aliphatic carbocycles. The van der Waals surface area contributed by atoms with Crippen LogP contribution >= 0.6 is 0 Å². The number of anilines is 1. The summed E-state index contributed by atoms with van der Waals surface area (Å²) in [6.45, 7) is 2.08. The van der Waals surface area contributed by atoms with Gasteiger partial charge in [0.15, 0.2) is 5.76 Å². The van der Waals surface area contributed by atoms with E-state index in [1.807, 2.05) is 18.2 Å². The fraction of sp³-hybridized carbons (Fsp3) is 0.364. The number of rotatable bonds is 3. The standard InChI is InChI=1S/C11H14N4O/c1-2-10(16-5-1)9-6-11(15-14-9)13-8-3-4-12-7-8/h1-2,5-6,8,12H,3-4,7H2,(H2,13,14,15). The minimum atomic E-state index is 0.479. The van der Waals surface area contributed by atoms with Crippen LogP contribution in [0.1, 0.15) is 6.42 Å². The van der Waals surface area contributed by atoms with Crippen LogP contribution in [0.3, 0.4) is 0 Å². The maximum absolute atomic E-state index is 5.29. The lowest BCUT2D eigenvalue weighted by Gasteiger charge is -2.08. The van der Waals surface area contributed by atoms with E-state index in [0.717, 1.165) is 36.8 Å². The molecule has 3 rings (SSSR count). The van der Waals surface area contributed by atoms with Gasteiger partial charge in [0, 0.05) is 18.7 Å². The van der Waals surface area contributed by atoms with Crippen LogP contribution in [0.5, 0.6) is 0 Å². The van der Waals surface area contributed by atoms with Crippen LogP contribution in [-0.2, 0) is 0 Å². The fourth-order valence-electron chi connectivity index (χ4n) is 1.94. The zero-order valence-electron chi connectivity index (χ0n) is 8.86. The molecule has 1 atom stereocenters. The first kappa shape index (κ1) is 9.47. The summed E-state index contributed by atoms with van der Waals surface area (Å²) in [5.41, 5.74) is 0.901. The Morgan fingerprint density at radius 3 is 3.25 bits per heavy atom. The van der Waals surface area contributed by atoms with Gasteiger partial charge in [-0.05, 0) is 25.1 Å². The van der Waals surface area contributed by atoms with Gasteiger partial charge in [-0.1, -0.05) is 0 Å². The summed E-state index contributed by atoms with van der Waals surface area (Å²) in [4.78, 5) is 0. The van der Waals surface area contributed by atoms with Crippen molar-refractivity contribution < 1.29 is 4.42 Å². The number of aromatic nitrogens is 2. The predicted molar refractivity (Wildman–Crippen MR) is 61.2 cm³/mol. The molecule has 1 aliphatic rings. The molecule has 3 heterocycles. The molecule has 16 heavy (non-hydrogen) atoms. The Labute approximate surface area is 93.2 Å². The van der Waals surface area contributed by atoms with E-state index in [1.165, 1.54) is 0 Å². The third-order valence-corrected chi connectivity index (χ3v) is 2.78. The highest BCUT2D eigenvalue weighted by Crippen LogP contribution is 2.20. The Morgan fingerprint density at radius 2 is 2.50 bits per heavy atom. The molecule has 1 aliphatic heterocycles. The van der Waals surface area contributed by atoms with Gasteiger partial charge >= 0.3 is 0 Å². The molecule has 1 unspecified atom stereocenters. The molecule has 1 saturated heterocycles. The highest BCUT2D eigenvalue weighted by atomic mass is 16.3. The molecular weight excluding hydrogens is 204 g/mol. The lowest BCUT2D eigenvalue weighted by Crippen LogP contribution is -2.22. The molecule has 5 nitrogen and oxygen atoms in total. The quantitative estimate of drug-likeness (QED) is 0.729. The molecule has 2 aromatic heterocycles. The molecule has 3 N–H and O–H groups in total. The molecule has 0 amide bonds. The number of nitrogens with one attached hydrogen (secondary N) is 3. The maximum atomic E-state index is 5.29. The highest BCUT2D eigenvalue weighted by Gasteiger charge is 2.15. The summed E-state index contributed by atoms with van der Waals surface area (Å²) in [5, 5.41) is 13.9. The van der Waals surface area contributed by atoms with Crippen LogP contribution in [0, 0.1) is 0 Å². The Hall–Kier alpha value is -1.75. The normalized spacial score (nSPS) is 20.1. The molecule has 0 bridgehead atoms. The molecule has 1 fully saturated rings. The summed E-state index contributed by atoms with van der Waals surface area (Å²) in [6, 6.07) is 6.23. The van der Waals surface area contributed by atoms with Crippen LogP contribution in [-0.4, -0.2) is 29.3 Å². The van der Waals surface area contributed by atoms with Gasteiger partial charge in [0.1, 0.15) is 11.5 Å². The second kappa shape index (κ2) is 4.02. The third-order valence-electron chi connectivity index (χ3n) is 2.78. The topological polar surface area (TPSA) is 65.9 Å². The SMILES string of the molecule is c1coc(-c2cc(NC3CCNC3)n[nH]2)c1. The molecule has 0 radical (unpaired) electrons. The summed E-state index contributed by atoms with van der Waals surface area (Å²) in [5.74, 6) is 1.69. The first-order chi connectivity index (χ1) is 7.92. The van der Waals surface area contributed by atoms with Crippen LogP contribution in [0.15, 0.2) is 28.9 Å². The highest BCUT2D eigenvalue weighted by molar-refractivity contribution is 5.57. The monoisotopic (exact) mass is 218 g/mol. The first-order valence-corrected chi connectivity index (χ1v) is 5.48. The zero-order valence-corrected chi connectivity index (χ0v) is 8.86. The smallest absolute Gasteiger partial charge is 0.151 e. The van der Waals surface area contributed by atoms with Gasteiger partial charge in [0.25, 0.3) is 0 Å². The number of H-pyrrole nitrogens is 1. The average Bonchev–Trinajstić information content (AvgIpc) is 2.99. The van der Waals surface area contributed by atoms with Gasteiger partial charge in [-0.2, -0.15) is 5.10 Å². The summed E-state index contributed by atoms with van der Waals surface area (Å²) < 4.78 is 5.29. The van der Waals surface area contributed by atoms with Crippen molar-refractivity contribution in [3.8, 4) is 11.5 Å². The van der Waals surface area contributed by atoms with Crippen molar-refractivity contribution in [3.05, 3.63) is 24.5 Å². The largest absolute Gasteiger partial charge is 0.463 e. The molecule has 0 spiro atoms. The second-order valence-corrected chi connectivity index (χ2v) is 3.98. The number of hydrogen-bond donors (Lipinski definition) is 3. The molecule has 2 aromatic rings. The number of aromatic amines is 1. The summed E-state index contributed by atoms with van der Waals surface area (Å²) in [6.07, 6.45) is 2.80. The van der Waals surface area contributed by atoms with E-state index in [0.29, 0.717) is 6.04 Å². The Kier molecular flexibility index (Phi) is 2.38. The van der Waals surface area contributed by atoms with E-state index >= 15 is 0 Å². The van der Waals surface area contributed by atoms with Gasteiger partial charge in [0.2, 0.25) is 0 Å². The zero-order chi connectivity index (χ0) is 10.8. The van der Waals surface area contributed by atoms with Crippen LogP contribution in [0.2, 0.25) is 0 Å². The molecular formula is C11H14N4O. The molecule has 0 aromatic carbocycles. The number of furan rings is 1. The van der Waals surface area contributed by atoms with E-state index in [2.05, 4.69) is 20.8 Å². The Morgan fingerprint density at radius 1 is 1.50 bits per heavy atom. The maximum Gasteiger partial charge on any atom is 0.151 e. The second-order valence-electron chi connectivity index (χ2n) is 3.98.